The standard InChI is InChI=1S/C7H11N2O4/c8-7(12)2-1-6(4-10)3-9(13)5-11/h5-6,13H,1-3H2,(H2,8,12). The van der Waals surface area contributed by atoms with Crippen molar-refractivity contribution in [3.63, 3.8) is 0 Å². The number of rotatable bonds is 7. The highest BCUT2D eigenvalue weighted by Crippen LogP contribution is 2.03. The van der Waals surface area contributed by atoms with Gasteiger partial charge in [-0.05, 0) is 6.42 Å². The fraction of sp³-hybridized carbons (Fsp3) is 0.571. The maximum Gasteiger partial charge on any atom is 0.233 e. The lowest BCUT2D eigenvalue weighted by atomic mass is 10.1. The molecule has 6 nitrogen and oxygen atoms in total. The number of hydrogen-bond acceptors (Lipinski definition) is 4. The molecule has 3 N–H and O–H groups in total. The second-order valence-electron chi connectivity index (χ2n) is 2.55. The molecular formula is C7H11N2O4. The van der Waals surface area contributed by atoms with E-state index in [0.717, 1.165) is 0 Å². The van der Waals surface area contributed by atoms with Gasteiger partial charge in [-0.3, -0.25) is 19.6 Å². The molecule has 0 saturated carbocycles. The summed E-state index contributed by atoms with van der Waals surface area (Å²) in [6.07, 6.45) is 2.00. The highest BCUT2D eigenvalue weighted by molar-refractivity contribution is 5.74. The molecule has 1 unspecified atom stereocenters. The van der Waals surface area contributed by atoms with Gasteiger partial charge in [-0.25, -0.2) is 5.06 Å². The molecule has 2 amide bonds. The molecule has 0 fully saturated rings. The summed E-state index contributed by atoms with van der Waals surface area (Å²) in [7, 11) is 0. The fourth-order valence-corrected chi connectivity index (χ4v) is 0.773. The summed E-state index contributed by atoms with van der Waals surface area (Å²) in [5.41, 5.74) is 4.84. The van der Waals surface area contributed by atoms with Gasteiger partial charge in [0.1, 0.15) is 0 Å². The van der Waals surface area contributed by atoms with E-state index in [0.29, 0.717) is 5.06 Å². The molecule has 13 heavy (non-hydrogen) atoms. The Balaban J connectivity index is 3.81. The van der Waals surface area contributed by atoms with Crippen LogP contribution in [0.5, 0.6) is 0 Å². The van der Waals surface area contributed by atoms with Gasteiger partial charge in [-0.15, -0.1) is 0 Å². The van der Waals surface area contributed by atoms with Crippen molar-refractivity contribution in [2.24, 2.45) is 11.7 Å². The first-order valence-electron chi connectivity index (χ1n) is 3.67. The van der Waals surface area contributed by atoms with Gasteiger partial charge in [-0.2, -0.15) is 0 Å². The maximum absolute atomic E-state index is 10.3. The van der Waals surface area contributed by atoms with Crippen LogP contribution in [0.4, 0.5) is 0 Å². The van der Waals surface area contributed by atoms with Crippen molar-refractivity contribution in [1.29, 1.82) is 0 Å². The lowest BCUT2D eigenvalue weighted by molar-refractivity contribution is -0.151. The molecule has 0 aliphatic carbocycles. The zero-order valence-corrected chi connectivity index (χ0v) is 6.97. The molecule has 0 heterocycles. The number of carbonyl (C=O) groups excluding carboxylic acids is 3. The van der Waals surface area contributed by atoms with Crippen LogP contribution in [0.3, 0.4) is 0 Å². The molecule has 1 radical (unpaired) electrons. The van der Waals surface area contributed by atoms with E-state index in [1.165, 1.54) is 0 Å². The highest BCUT2D eigenvalue weighted by atomic mass is 16.5. The quantitative estimate of drug-likeness (QED) is 0.298. The van der Waals surface area contributed by atoms with Gasteiger partial charge in [0.2, 0.25) is 18.6 Å². The molecule has 0 aliphatic heterocycles. The average Bonchev–Trinajstić information content (AvgIpc) is 2.11. The van der Waals surface area contributed by atoms with Gasteiger partial charge in [-0.1, -0.05) is 0 Å². The molecule has 0 rings (SSSR count). The van der Waals surface area contributed by atoms with E-state index < -0.39 is 11.8 Å². The summed E-state index contributed by atoms with van der Waals surface area (Å²) in [5, 5.41) is 9.02. The van der Waals surface area contributed by atoms with Crippen LogP contribution in [0.1, 0.15) is 12.8 Å². The van der Waals surface area contributed by atoms with Crippen LogP contribution in [0.25, 0.3) is 0 Å². The molecule has 0 aliphatic rings. The van der Waals surface area contributed by atoms with Gasteiger partial charge < -0.3 is 5.73 Å². The second-order valence-corrected chi connectivity index (χ2v) is 2.55. The van der Waals surface area contributed by atoms with Crippen molar-refractivity contribution >= 4 is 18.6 Å². The molecular weight excluding hydrogens is 176 g/mol. The van der Waals surface area contributed by atoms with Crippen molar-refractivity contribution in [3.8, 4) is 0 Å². The first-order chi connectivity index (χ1) is 6.10. The fourth-order valence-electron chi connectivity index (χ4n) is 0.773. The van der Waals surface area contributed by atoms with Crippen LogP contribution in [-0.2, 0) is 14.4 Å². The summed E-state index contributed by atoms with van der Waals surface area (Å²) in [6, 6.07) is 0. The largest absolute Gasteiger partial charge is 0.370 e. The predicted octanol–water partition coefficient (Wildman–Crippen LogP) is -1.17. The van der Waals surface area contributed by atoms with Gasteiger partial charge in [0.05, 0.1) is 6.54 Å². The third-order valence-electron chi connectivity index (χ3n) is 1.43. The molecule has 0 saturated heterocycles. The third kappa shape index (κ3) is 5.80. The van der Waals surface area contributed by atoms with Crippen LogP contribution < -0.4 is 5.73 Å². The minimum atomic E-state index is -0.678. The van der Waals surface area contributed by atoms with Crippen LogP contribution in [0.2, 0.25) is 0 Å². The first-order valence-corrected chi connectivity index (χ1v) is 3.67. The lowest BCUT2D eigenvalue weighted by Crippen LogP contribution is -2.26. The van der Waals surface area contributed by atoms with Gasteiger partial charge in [0.15, 0.2) is 0 Å². The minimum absolute atomic E-state index is 0.0343. The highest BCUT2D eigenvalue weighted by Gasteiger charge is 2.12. The van der Waals surface area contributed by atoms with Crippen LogP contribution in [-0.4, -0.2) is 35.4 Å². The molecule has 0 aromatic carbocycles. The molecule has 0 aromatic rings. The number of nitrogens with zero attached hydrogens (tertiary/aromatic N) is 1. The molecule has 1 atom stereocenters. The third-order valence-corrected chi connectivity index (χ3v) is 1.43. The van der Waals surface area contributed by atoms with E-state index in [2.05, 4.69) is 0 Å². The second kappa shape index (κ2) is 6.13. The number of primary amides is 1. The van der Waals surface area contributed by atoms with E-state index in [4.69, 9.17) is 10.9 Å². The van der Waals surface area contributed by atoms with E-state index in [1.807, 2.05) is 0 Å². The number of hydrogen-bond donors (Lipinski definition) is 2. The van der Waals surface area contributed by atoms with E-state index in [-0.39, 0.29) is 25.8 Å². The summed E-state index contributed by atoms with van der Waals surface area (Å²) in [6.45, 7) is -0.166. The van der Waals surface area contributed by atoms with Gasteiger partial charge in [0, 0.05) is 12.3 Å². The molecule has 0 bridgehead atoms. The van der Waals surface area contributed by atoms with Crippen molar-refractivity contribution in [1.82, 2.24) is 5.06 Å². The summed E-state index contributed by atoms with van der Waals surface area (Å²) in [4.78, 5) is 30.5. The molecule has 0 spiro atoms. The van der Waals surface area contributed by atoms with Gasteiger partial charge >= 0.3 is 0 Å². The Morgan fingerprint density at radius 1 is 1.69 bits per heavy atom. The van der Waals surface area contributed by atoms with Crippen LogP contribution >= 0.6 is 0 Å². The summed E-state index contributed by atoms with van der Waals surface area (Å²) in [5.74, 6) is -1.21. The Morgan fingerprint density at radius 3 is 2.69 bits per heavy atom. The Hall–Kier alpha value is -1.43. The molecule has 6 heteroatoms. The lowest BCUT2D eigenvalue weighted by Gasteiger charge is -2.12. The van der Waals surface area contributed by atoms with E-state index >= 15 is 0 Å². The van der Waals surface area contributed by atoms with Gasteiger partial charge in [0.25, 0.3) is 0 Å². The summed E-state index contributed by atoms with van der Waals surface area (Å²) < 4.78 is 0. The first kappa shape index (κ1) is 11.6. The average molecular weight is 187 g/mol. The van der Waals surface area contributed by atoms with Crippen molar-refractivity contribution < 1.29 is 19.6 Å². The molecule has 0 aromatic heterocycles. The monoisotopic (exact) mass is 187 g/mol. The predicted molar refractivity (Wildman–Crippen MR) is 42.2 cm³/mol. The molecule has 73 valence electrons. The van der Waals surface area contributed by atoms with E-state index in [1.54, 1.807) is 6.29 Å². The van der Waals surface area contributed by atoms with Crippen molar-refractivity contribution in [3.05, 3.63) is 0 Å². The minimum Gasteiger partial charge on any atom is -0.370 e. The SMILES string of the molecule is NC(=O)CCC([C]=O)CN(O)C=O. The number of amides is 2. The maximum atomic E-state index is 10.3. The number of hydroxylamine groups is 2. The number of nitrogens with two attached hydrogens (primary N) is 1. The zero-order valence-electron chi connectivity index (χ0n) is 6.97. The summed E-state index contributed by atoms with van der Waals surface area (Å²) >= 11 is 0. The van der Waals surface area contributed by atoms with Crippen molar-refractivity contribution in [2.75, 3.05) is 6.54 Å². The van der Waals surface area contributed by atoms with Crippen LogP contribution in [0, 0.1) is 5.92 Å². The topological polar surface area (TPSA) is 101 Å². The Labute approximate surface area is 75.3 Å². The zero-order chi connectivity index (χ0) is 10.3. The Kier molecular flexibility index (Phi) is 5.45. The van der Waals surface area contributed by atoms with Crippen molar-refractivity contribution in [2.45, 2.75) is 12.8 Å². The Bertz CT molecular complexity index is 195. The van der Waals surface area contributed by atoms with Crippen LogP contribution in [0.15, 0.2) is 0 Å². The smallest absolute Gasteiger partial charge is 0.233 e. The number of carbonyl (C=O) groups is 2. The normalized spacial score (nSPS) is 11.8. The Morgan fingerprint density at radius 2 is 2.31 bits per heavy atom. The van der Waals surface area contributed by atoms with E-state index in [9.17, 15) is 14.4 Å².